The summed E-state index contributed by atoms with van der Waals surface area (Å²) in [5.41, 5.74) is 0.487. The minimum atomic E-state index is 0.487. The molecular formula is C7H12O. The maximum atomic E-state index is 9.94. The number of carbonyl (C=O) groups excluding carboxylic acids is 1. The smallest absolute Gasteiger partial charge is 0.120 e. The Morgan fingerprint density at radius 3 is 2.38 bits per heavy atom. The van der Waals surface area contributed by atoms with Crippen molar-refractivity contribution in [2.24, 2.45) is 11.3 Å². The van der Waals surface area contributed by atoms with Gasteiger partial charge in [0.1, 0.15) is 6.29 Å². The number of rotatable bonds is 2. The highest BCUT2D eigenvalue weighted by molar-refractivity contribution is 5.50. The van der Waals surface area contributed by atoms with E-state index >= 15 is 0 Å². The molecule has 0 spiro atoms. The molecule has 0 aromatic rings. The zero-order chi connectivity index (χ0) is 6.20. The van der Waals surface area contributed by atoms with Crippen molar-refractivity contribution >= 4 is 6.29 Å². The quantitative estimate of drug-likeness (QED) is 0.496. The lowest BCUT2D eigenvalue weighted by atomic mass is 10.1. The zero-order valence-corrected chi connectivity index (χ0v) is 5.48. The van der Waals surface area contributed by atoms with Crippen LogP contribution in [0.5, 0.6) is 0 Å². The maximum absolute atomic E-state index is 9.94. The van der Waals surface area contributed by atoms with Crippen LogP contribution in [0.1, 0.15) is 26.7 Å². The van der Waals surface area contributed by atoms with Gasteiger partial charge in [-0.15, -0.1) is 0 Å². The molecule has 46 valence electrons. The van der Waals surface area contributed by atoms with E-state index in [4.69, 9.17) is 0 Å². The summed E-state index contributed by atoms with van der Waals surface area (Å²) in [6.07, 6.45) is 3.04. The van der Waals surface area contributed by atoms with E-state index in [1.54, 1.807) is 0 Å². The fourth-order valence-electron chi connectivity index (χ4n) is 1.09. The van der Waals surface area contributed by atoms with Crippen LogP contribution < -0.4 is 0 Å². The predicted octanol–water partition coefficient (Wildman–Crippen LogP) is 1.62. The maximum Gasteiger partial charge on any atom is 0.120 e. The first-order chi connectivity index (χ1) is 3.67. The van der Waals surface area contributed by atoms with Gasteiger partial charge in [-0.25, -0.2) is 0 Å². The predicted molar refractivity (Wildman–Crippen MR) is 32.6 cm³/mol. The highest BCUT2D eigenvalue weighted by atomic mass is 16.1. The van der Waals surface area contributed by atoms with Gasteiger partial charge >= 0.3 is 0 Å². The first-order valence-corrected chi connectivity index (χ1v) is 3.10. The summed E-state index contributed by atoms with van der Waals surface area (Å²) >= 11 is 0. The molecule has 0 aromatic carbocycles. The average Bonchev–Trinajstić information content (AvgIpc) is 2.15. The van der Waals surface area contributed by atoms with Gasteiger partial charge in [0.05, 0.1) is 0 Å². The molecule has 1 heteroatoms. The molecule has 8 heavy (non-hydrogen) atoms. The Morgan fingerprint density at radius 1 is 1.75 bits per heavy atom. The summed E-state index contributed by atoms with van der Waals surface area (Å²) in [4.78, 5) is 9.94. The van der Waals surface area contributed by atoms with Crippen LogP contribution in [-0.4, -0.2) is 6.29 Å². The van der Waals surface area contributed by atoms with Gasteiger partial charge < -0.3 is 4.79 Å². The van der Waals surface area contributed by atoms with Gasteiger partial charge in [0.15, 0.2) is 0 Å². The molecule has 0 radical (unpaired) electrons. The Balaban J connectivity index is 2.26. The topological polar surface area (TPSA) is 17.1 Å². The fraction of sp³-hybridized carbons (Fsp3) is 0.857. The Kier molecular flexibility index (Phi) is 1.14. The van der Waals surface area contributed by atoms with E-state index in [-0.39, 0.29) is 0 Å². The monoisotopic (exact) mass is 112 g/mol. The number of carbonyl (C=O) groups is 1. The van der Waals surface area contributed by atoms with E-state index in [0.29, 0.717) is 11.3 Å². The third-order valence-corrected chi connectivity index (χ3v) is 2.10. The molecule has 0 amide bonds. The van der Waals surface area contributed by atoms with E-state index in [1.807, 2.05) is 0 Å². The number of hydrogen-bond acceptors (Lipinski definition) is 1. The molecule has 0 aliphatic heterocycles. The van der Waals surface area contributed by atoms with Crippen LogP contribution in [-0.2, 0) is 4.79 Å². The van der Waals surface area contributed by atoms with Crippen LogP contribution in [0.25, 0.3) is 0 Å². The largest absolute Gasteiger partial charge is 0.303 e. The van der Waals surface area contributed by atoms with Crippen LogP contribution in [0.15, 0.2) is 0 Å². The molecule has 1 aliphatic rings. The summed E-state index contributed by atoms with van der Waals surface area (Å²) in [6.45, 7) is 4.42. The van der Waals surface area contributed by atoms with Crippen LogP contribution in [0.3, 0.4) is 0 Å². The SMILES string of the molecule is CC1(C)C[C@H]1CC=O. The average molecular weight is 112 g/mol. The summed E-state index contributed by atoms with van der Waals surface area (Å²) in [5.74, 6) is 0.694. The van der Waals surface area contributed by atoms with Crippen LogP contribution >= 0.6 is 0 Å². The van der Waals surface area contributed by atoms with Gasteiger partial charge in [0.25, 0.3) is 0 Å². The molecule has 0 N–H and O–H groups in total. The second kappa shape index (κ2) is 1.57. The molecule has 1 nitrogen and oxygen atoms in total. The molecule has 0 bridgehead atoms. The summed E-state index contributed by atoms with van der Waals surface area (Å²) in [6, 6.07) is 0. The first-order valence-electron chi connectivity index (χ1n) is 3.10. The van der Waals surface area contributed by atoms with Crippen molar-refractivity contribution < 1.29 is 4.79 Å². The normalized spacial score (nSPS) is 32.0. The van der Waals surface area contributed by atoms with Crippen molar-refractivity contribution in [1.82, 2.24) is 0 Å². The van der Waals surface area contributed by atoms with Gasteiger partial charge in [0.2, 0.25) is 0 Å². The van der Waals surface area contributed by atoms with E-state index in [9.17, 15) is 4.79 Å². The highest BCUT2D eigenvalue weighted by Gasteiger charge is 2.44. The molecular weight excluding hydrogens is 100 g/mol. The van der Waals surface area contributed by atoms with Crippen LogP contribution in [0, 0.1) is 11.3 Å². The minimum Gasteiger partial charge on any atom is -0.303 e. The third kappa shape index (κ3) is 0.908. The van der Waals surface area contributed by atoms with Gasteiger partial charge in [-0.3, -0.25) is 0 Å². The lowest BCUT2D eigenvalue weighted by molar-refractivity contribution is -0.108. The summed E-state index contributed by atoms with van der Waals surface area (Å²) in [5, 5.41) is 0. The Labute approximate surface area is 50.1 Å². The second-order valence-electron chi connectivity index (χ2n) is 3.29. The molecule has 1 fully saturated rings. The van der Waals surface area contributed by atoms with Crippen molar-refractivity contribution in [2.45, 2.75) is 26.7 Å². The third-order valence-electron chi connectivity index (χ3n) is 2.10. The van der Waals surface area contributed by atoms with E-state index in [2.05, 4.69) is 13.8 Å². The zero-order valence-electron chi connectivity index (χ0n) is 5.48. The lowest BCUT2D eigenvalue weighted by Gasteiger charge is -1.95. The van der Waals surface area contributed by atoms with Crippen LogP contribution in [0.2, 0.25) is 0 Å². The molecule has 1 atom stereocenters. The van der Waals surface area contributed by atoms with E-state index in [0.717, 1.165) is 12.7 Å². The Hall–Kier alpha value is -0.330. The summed E-state index contributed by atoms with van der Waals surface area (Å²) in [7, 11) is 0. The number of hydrogen-bond donors (Lipinski definition) is 0. The highest BCUT2D eigenvalue weighted by Crippen LogP contribution is 2.52. The Morgan fingerprint density at radius 2 is 2.25 bits per heavy atom. The molecule has 0 aromatic heterocycles. The van der Waals surface area contributed by atoms with E-state index < -0.39 is 0 Å². The van der Waals surface area contributed by atoms with Gasteiger partial charge in [-0.2, -0.15) is 0 Å². The molecule has 0 unspecified atom stereocenters. The molecule has 0 heterocycles. The van der Waals surface area contributed by atoms with Crippen LogP contribution in [0.4, 0.5) is 0 Å². The second-order valence-corrected chi connectivity index (χ2v) is 3.29. The van der Waals surface area contributed by atoms with Gasteiger partial charge in [-0.05, 0) is 17.8 Å². The van der Waals surface area contributed by atoms with Crippen molar-refractivity contribution in [3.63, 3.8) is 0 Å². The van der Waals surface area contributed by atoms with Gasteiger partial charge in [-0.1, -0.05) is 13.8 Å². The standard InChI is InChI=1S/C7H12O/c1-7(2)5-6(7)3-4-8/h4,6H,3,5H2,1-2H3/t6-/m1/s1. The fourth-order valence-corrected chi connectivity index (χ4v) is 1.09. The molecule has 0 saturated heterocycles. The van der Waals surface area contributed by atoms with Crippen molar-refractivity contribution in [3.05, 3.63) is 0 Å². The van der Waals surface area contributed by atoms with Gasteiger partial charge in [0, 0.05) is 6.42 Å². The first kappa shape index (κ1) is 5.80. The van der Waals surface area contributed by atoms with Crippen molar-refractivity contribution in [1.29, 1.82) is 0 Å². The Bertz CT molecular complexity index is 105. The van der Waals surface area contributed by atoms with Crippen molar-refractivity contribution in [2.75, 3.05) is 0 Å². The lowest BCUT2D eigenvalue weighted by Crippen LogP contribution is -1.89. The van der Waals surface area contributed by atoms with Crippen molar-refractivity contribution in [3.8, 4) is 0 Å². The molecule has 1 saturated carbocycles. The van der Waals surface area contributed by atoms with E-state index in [1.165, 1.54) is 6.42 Å². The molecule has 1 rings (SSSR count). The minimum absolute atomic E-state index is 0.487. The summed E-state index contributed by atoms with van der Waals surface area (Å²) < 4.78 is 0. The number of aldehydes is 1. The molecule has 1 aliphatic carbocycles.